The van der Waals surface area contributed by atoms with Crippen LogP contribution >= 0.6 is 11.6 Å². The van der Waals surface area contributed by atoms with Crippen molar-refractivity contribution in [3.05, 3.63) is 58.6 Å². The van der Waals surface area contributed by atoms with Gasteiger partial charge in [-0.2, -0.15) is 0 Å². The van der Waals surface area contributed by atoms with Crippen LogP contribution in [0.1, 0.15) is 18.1 Å². The first-order valence-corrected chi connectivity index (χ1v) is 7.95. The highest BCUT2D eigenvalue weighted by Gasteiger charge is 2.07. The van der Waals surface area contributed by atoms with Crippen molar-refractivity contribution in [3.8, 4) is 5.75 Å². The van der Waals surface area contributed by atoms with Crippen LogP contribution in [0.25, 0.3) is 0 Å². The molecule has 0 atom stereocenters. The second kappa shape index (κ2) is 8.56. The first-order chi connectivity index (χ1) is 11.1. The Hall–Kier alpha value is -2.04. The molecular formula is C18H21ClN2O2. The number of carbonyl (C=O) groups excluding carboxylic acids is 1. The zero-order valence-electron chi connectivity index (χ0n) is 13.4. The lowest BCUT2D eigenvalue weighted by Gasteiger charge is -2.11. The molecule has 0 unspecified atom stereocenters. The topological polar surface area (TPSA) is 50.4 Å². The van der Waals surface area contributed by atoms with Gasteiger partial charge in [0.2, 0.25) is 0 Å². The molecule has 4 nitrogen and oxygen atoms in total. The van der Waals surface area contributed by atoms with Crippen molar-refractivity contribution in [2.45, 2.75) is 20.4 Å². The Balaban J connectivity index is 1.91. The summed E-state index contributed by atoms with van der Waals surface area (Å²) in [5, 5.41) is 6.72. The van der Waals surface area contributed by atoms with E-state index >= 15 is 0 Å². The summed E-state index contributed by atoms with van der Waals surface area (Å²) in [7, 11) is 0. The van der Waals surface area contributed by atoms with Crippen molar-refractivity contribution in [1.82, 2.24) is 5.32 Å². The monoisotopic (exact) mass is 332 g/mol. The molecule has 1 amide bonds. The van der Waals surface area contributed by atoms with Crippen LogP contribution in [0.5, 0.6) is 5.75 Å². The van der Waals surface area contributed by atoms with E-state index in [1.165, 1.54) is 0 Å². The van der Waals surface area contributed by atoms with E-state index in [-0.39, 0.29) is 12.5 Å². The van der Waals surface area contributed by atoms with Gasteiger partial charge in [-0.25, -0.2) is 0 Å². The number of nitrogens with one attached hydrogen (secondary N) is 2. The van der Waals surface area contributed by atoms with Crippen LogP contribution < -0.4 is 15.4 Å². The molecule has 5 heteroatoms. The van der Waals surface area contributed by atoms with Crippen LogP contribution in [0.15, 0.2) is 42.5 Å². The molecule has 0 spiro atoms. The predicted octanol–water partition coefficient (Wildman–Crippen LogP) is 3.78. The normalized spacial score (nSPS) is 10.4. The van der Waals surface area contributed by atoms with Gasteiger partial charge in [-0.1, -0.05) is 36.7 Å². The first kappa shape index (κ1) is 17.3. The smallest absolute Gasteiger partial charge is 0.262 e. The summed E-state index contributed by atoms with van der Waals surface area (Å²) >= 11 is 6.03. The van der Waals surface area contributed by atoms with Gasteiger partial charge in [0, 0.05) is 22.8 Å². The Morgan fingerprint density at radius 2 is 2.00 bits per heavy atom. The standard InChI is InChI=1S/C18H21ClN2O2/c1-3-20-11-14-6-4-7-15(10-14)21-18(22)12-23-17-9-5-8-16(19)13(17)2/h4-10,20H,3,11-12H2,1-2H3,(H,21,22). The predicted molar refractivity (Wildman–Crippen MR) is 94.1 cm³/mol. The third-order valence-electron chi connectivity index (χ3n) is 3.37. The van der Waals surface area contributed by atoms with E-state index in [1.807, 2.05) is 31.2 Å². The van der Waals surface area contributed by atoms with Crippen molar-refractivity contribution in [2.24, 2.45) is 0 Å². The van der Waals surface area contributed by atoms with Crippen LogP contribution in [0.3, 0.4) is 0 Å². The van der Waals surface area contributed by atoms with Crippen molar-refractivity contribution in [3.63, 3.8) is 0 Å². The summed E-state index contributed by atoms with van der Waals surface area (Å²) in [6, 6.07) is 13.1. The van der Waals surface area contributed by atoms with Crippen molar-refractivity contribution < 1.29 is 9.53 Å². The van der Waals surface area contributed by atoms with Gasteiger partial charge in [-0.3, -0.25) is 4.79 Å². The minimum absolute atomic E-state index is 0.0569. The molecule has 0 saturated carbocycles. The Morgan fingerprint density at radius 3 is 2.78 bits per heavy atom. The van der Waals surface area contributed by atoms with E-state index < -0.39 is 0 Å². The molecule has 0 heterocycles. The van der Waals surface area contributed by atoms with Crippen molar-refractivity contribution in [1.29, 1.82) is 0 Å². The molecule has 0 saturated heterocycles. The summed E-state index contributed by atoms with van der Waals surface area (Å²) in [5.74, 6) is 0.415. The fourth-order valence-corrected chi connectivity index (χ4v) is 2.28. The van der Waals surface area contributed by atoms with Crippen LogP contribution in [0.2, 0.25) is 5.02 Å². The van der Waals surface area contributed by atoms with E-state index in [1.54, 1.807) is 18.2 Å². The highest BCUT2D eigenvalue weighted by molar-refractivity contribution is 6.31. The molecule has 2 rings (SSSR count). The average Bonchev–Trinajstić information content (AvgIpc) is 2.54. The molecular weight excluding hydrogens is 312 g/mol. The van der Waals surface area contributed by atoms with Gasteiger partial charge >= 0.3 is 0 Å². The van der Waals surface area contributed by atoms with Gasteiger partial charge in [0.1, 0.15) is 5.75 Å². The van der Waals surface area contributed by atoms with Crippen molar-refractivity contribution >= 4 is 23.2 Å². The number of carbonyl (C=O) groups is 1. The molecule has 2 N–H and O–H groups in total. The summed E-state index contributed by atoms with van der Waals surface area (Å²) in [4.78, 5) is 12.0. The third kappa shape index (κ3) is 5.27. The number of rotatable bonds is 7. The summed E-state index contributed by atoms with van der Waals surface area (Å²) in [6.07, 6.45) is 0. The molecule has 122 valence electrons. The van der Waals surface area contributed by atoms with E-state index in [0.717, 1.165) is 29.9 Å². The molecule has 0 aromatic heterocycles. The summed E-state index contributed by atoms with van der Waals surface area (Å²) in [6.45, 7) is 5.54. The lowest BCUT2D eigenvalue weighted by Crippen LogP contribution is -2.20. The van der Waals surface area contributed by atoms with Crippen molar-refractivity contribution in [2.75, 3.05) is 18.5 Å². The molecule has 0 fully saturated rings. The maximum atomic E-state index is 12.0. The van der Waals surface area contributed by atoms with Crippen LogP contribution in [0, 0.1) is 6.92 Å². The minimum Gasteiger partial charge on any atom is -0.483 e. The van der Waals surface area contributed by atoms with Gasteiger partial charge in [0.05, 0.1) is 0 Å². The van der Waals surface area contributed by atoms with E-state index in [2.05, 4.69) is 17.6 Å². The van der Waals surface area contributed by atoms with Crippen LogP contribution in [-0.4, -0.2) is 19.1 Å². The SMILES string of the molecule is CCNCc1cccc(NC(=O)COc2cccc(Cl)c2C)c1. The van der Waals surface area contributed by atoms with E-state index in [9.17, 15) is 4.79 Å². The zero-order valence-corrected chi connectivity index (χ0v) is 14.1. The van der Waals surface area contributed by atoms with Gasteiger partial charge in [0.25, 0.3) is 5.91 Å². The maximum Gasteiger partial charge on any atom is 0.262 e. The molecule has 0 aliphatic carbocycles. The average molecular weight is 333 g/mol. The second-order valence-electron chi connectivity index (χ2n) is 5.18. The number of hydrogen-bond acceptors (Lipinski definition) is 3. The number of amides is 1. The summed E-state index contributed by atoms with van der Waals surface area (Å²) < 4.78 is 5.54. The Labute approximate surface area is 141 Å². The number of benzene rings is 2. The minimum atomic E-state index is -0.204. The molecule has 0 aliphatic heterocycles. The molecule has 0 radical (unpaired) electrons. The maximum absolute atomic E-state index is 12.0. The fraction of sp³-hybridized carbons (Fsp3) is 0.278. The Kier molecular flexibility index (Phi) is 6.44. The van der Waals surface area contributed by atoms with Gasteiger partial charge in [-0.15, -0.1) is 0 Å². The Bertz CT molecular complexity index is 674. The highest BCUT2D eigenvalue weighted by atomic mass is 35.5. The number of anilines is 1. The second-order valence-corrected chi connectivity index (χ2v) is 5.59. The fourth-order valence-electron chi connectivity index (χ4n) is 2.11. The van der Waals surface area contributed by atoms with E-state index in [4.69, 9.17) is 16.3 Å². The van der Waals surface area contributed by atoms with Gasteiger partial charge < -0.3 is 15.4 Å². The molecule has 0 bridgehead atoms. The van der Waals surface area contributed by atoms with Gasteiger partial charge in [-0.05, 0) is 43.3 Å². The van der Waals surface area contributed by atoms with Crippen LogP contribution in [0.4, 0.5) is 5.69 Å². The third-order valence-corrected chi connectivity index (χ3v) is 3.78. The lowest BCUT2D eigenvalue weighted by atomic mass is 10.2. The Morgan fingerprint density at radius 1 is 1.22 bits per heavy atom. The van der Waals surface area contributed by atoms with Crippen LogP contribution in [-0.2, 0) is 11.3 Å². The highest BCUT2D eigenvalue weighted by Crippen LogP contribution is 2.24. The molecule has 23 heavy (non-hydrogen) atoms. The number of hydrogen-bond donors (Lipinski definition) is 2. The number of ether oxygens (including phenoxy) is 1. The van der Waals surface area contributed by atoms with E-state index in [0.29, 0.717) is 10.8 Å². The first-order valence-electron chi connectivity index (χ1n) is 7.57. The lowest BCUT2D eigenvalue weighted by molar-refractivity contribution is -0.118. The zero-order chi connectivity index (χ0) is 16.7. The number of halogens is 1. The quantitative estimate of drug-likeness (QED) is 0.811. The molecule has 2 aromatic carbocycles. The largest absolute Gasteiger partial charge is 0.483 e. The molecule has 0 aliphatic rings. The summed E-state index contributed by atoms with van der Waals surface area (Å²) in [5.41, 5.74) is 2.71. The molecule has 2 aromatic rings. The van der Waals surface area contributed by atoms with Gasteiger partial charge in [0.15, 0.2) is 6.61 Å².